The maximum absolute atomic E-state index is 14.6. The largest absolute Gasteiger partial charge is 0.474 e. The van der Waals surface area contributed by atoms with Crippen LogP contribution in [0.2, 0.25) is 0 Å². The molecule has 2 aromatic rings. The van der Waals surface area contributed by atoms with Gasteiger partial charge in [-0.05, 0) is 71.7 Å². The van der Waals surface area contributed by atoms with Gasteiger partial charge in [0.2, 0.25) is 11.8 Å². The number of aromatic nitrogens is 1. The molecule has 3 aliphatic heterocycles. The first kappa shape index (κ1) is 35.9. The highest BCUT2D eigenvalue weighted by Crippen LogP contribution is 2.36. The molecule has 13 heteroatoms. The van der Waals surface area contributed by atoms with Gasteiger partial charge < -0.3 is 29.1 Å². The first-order valence-corrected chi connectivity index (χ1v) is 16.7. The molecule has 1 aromatic heterocycles. The molecule has 0 saturated carbocycles. The van der Waals surface area contributed by atoms with Gasteiger partial charge in [-0.25, -0.2) is 18.6 Å². The monoisotopic (exact) mass is 673 g/mol. The van der Waals surface area contributed by atoms with Crippen LogP contribution in [-0.2, 0) is 27.3 Å². The third kappa shape index (κ3) is 8.07. The SMILES string of the molecule is C[C@@H]1CN(CC(=O)N2c3cc(Cc4ccc(F)cc4F)c(CO)nc3OC[C@@H]2C)[C@@H](CN2[C@H](C)COC[C@H]2C)CN1C(=O)OC(C)(C)C. The number of rotatable bonds is 7. The lowest BCUT2D eigenvalue weighted by molar-refractivity contribution is -0.123. The van der Waals surface area contributed by atoms with Crippen molar-refractivity contribution in [2.75, 3.05) is 50.9 Å². The summed E-state index contributed by atoms with van der Waals surface area (Å²) >= 11 is 0. The second-order valence-corrected chi connectivity index (χ2v) is 14.4. The maximum atomic E-state index is 14.6. The first-order chi connectivity index (χ1) is 22.6. The molecule has 2 amide bonds. The molecule has 5 rings (SSSR count). The molecule has 1 N–H and O–H groups in total. The predicted molar refractivity (Wildman–Crippen MR) is 176 cm³/mol. The Labute approximate surface area is 281 Å². The highest BCUT2D eigenvalue weighted by molar-refractivity contribution is 5.97. The minimum absolute atomic E-state index is 0.0425. The number of hydrogen-bond donors (Lipinski definition) is 1. The van der Waals surface area contributed by atoms with Crippen molar-refractivity contribution in [3.05, 3.63) is 52.7 Å². The van der Waals surface area contributed by atoms with E-state index in [-0.39, 0.29) is 73.2 Å². The fourth-order valence-corrected chi connectivity index (χ4v) is 6.83. The van der Waals surface area contributed by atoms with Crippen molar-refractivity contribution in [3.8, 4) is 5.88 Å². The lowest BCUT2D eigenvalue weighted by Crippen LogP contribution is -2.65. The van der Waals surface area contributed by atoms with Crippen molar-refractivity contribution in [1.29, 1.82) is 0 Å². The molecule has 5 atom stereocenters. The van der Waals surface area contributed by atoms with Crippen molar-refractivity contribution >= 4 is 17.7 Å². The Morgan fingerprint density at radius 3 is 2.33 bits per heavy atom. The van der Waals surface area contributed by atoms with Crippen LogP contribution in [0, 0.1) is 11.6 Å². The van der Waals surface area contributed by atoms with E-state index in [0.717, 1.165) is 6.07 Å². The zero-order valence-corrected chi connectivity index (χ0v) is 29.0. The Hall–Kier alpha value is -3.39. The quantitative estimate of drug-likeness (QED) is 0.467. The van der Waals surface area contributed by atoms with Gasteiger partial charge in [0.05, 0.1) is 38.1 Å². The summed E-state index contributed by atoms with van der Waals surface area (Å²) in [4.78, 5) is 40.1. The summed E-state index contributed by atoms with van der Waals surface area (Å²) in [5.74, 6) is -1.35. The van der Waals surface area contributed by atoms with Gasteiger partial charge in [-0.15, -0.1) is 0 Å². The van der Waals surface area contributed by atoms with E-state index in [0.29, 0.717) is 49.8 Å². The number of ether oxygens (including phenoxy) is 3. The fraction of sp³-hybridized carbons (Fsp3) is 0.629. The van der Waals surface area contributed by atoms with Crippen LogP contribution in [0.25, 0.3) is 0 Å². The zero-order valence-electron chi connectivity index (χ0n) is 29.0. The number of fused-ring (bicyclic) bond motifs is 1. The molecule has 0 spiro atoms. The van der Waals surface area contributed by atoms with Gasteiger partial charge in [0.1, 0.15) is 29.5 Å². The number of piperazine rings is 1. The maximum Gasteiger partial charge on any atom is 0.410 e. The summed E-state index contributed by atoms with van der Waals surface area (Å²) in [5, 5.41) is 10.1. The number of pyridine rings is 1. The van der Waals surface area contributed by atoms with Crippen LogP contribution in [0.3, 0.4) is 0 Å². The number of morpholine rings is 1. The number of carbonyl (C=O) groups excluding carboxylic acids is 2. The highest BCUT2D eigenvalue weighted by Gasteiger charge is 2.41. The molecule has 4 heterocycles. The average molecular weight is 674 g/mol. The number of aliphatic hydroxyl groups is 1. The van der Waals surface area contributed by atoms with Crippen molar-refractivity contribution in [2.24, 2.45) is 0 Å². The van der Waals surface area contributed by atoms with Crippen molar-refractivity contribution in [3.63, 3.8) is 0 Å². The van der Waals surface area contributed by atoms with Crippen LogP contribution in [0.5, 0.6) is 5.88 Å². The van der Waals surface area contributed by atoms with E-state index in [1.807, 2.05) is 34.6 Å². The van der Waals surface area contributed by atoms with Gasteiger partial charge in [0.25, 0.3) is 0 Å². The molecule has 0 aliphatic carbocycles. The van der Waals surface area contributed by atoms with Crippen molar-refractivity contribution in [1.82, 2.24) is 19.7 Å². The topological polar surface area (TPSA) is 108 Å². The number of anilines is 1. The third-order valence-corrected chi connectivity index (χ3v) is 9.31. The summed E-state index contributed by atoms with van der Waals surface area (Å²) < 4.78 is 45.6. The molecule has 264 valence electrons. The van der Waals surface area contributed by atoms with E-state index in [1.165, 1.54) is 12.1 Å². The first-order valence-electron chi connectivity index (χ1n) is 16.7. The molecule has 2 fully saturated rings. The Bertz CT molecular complexity index is 1480. The number of benzene rings is 1. The minimum atomic E-state index is -0.705. The smallest absolute Gasteiger partial charge is 0.410 e. The molecule has 1 aromatic carbocycles. The summed E-state index contributed by atoms with van der Waals surface area (Å²) in [6.45, 7) is 16.2. The Kier molecular flexibility index (Phi) is 10.9. The van der Waals surface area contributed by atoms with E-state index < -0.39 is 23.8 Å². The molecule has 3 aliphatic rings. The standard InChI is InChI=1S/C35H49F2N5O6/c1-21-13-39(28(14-40-22(2)18-46-19-23(40)3)15-41(21)34(45)48-35(5,6)7)16-32(44)42-24(4)20-47-33-31(42)11-26(30(17-43)38-33)10-25-8-9-27(36)12-29(25)37/h8-9,11-12,21-24,28,43H,10,13-20H2,1-7H3/t21-,22-,23-,24+,28+/m1/s1. The van der Waals surface area contributed by atoms with Gasteiger partial charge in [0.15, 0.2) is 0 Å². The minimum Gasteiger partial charge on any atom is -0.474 e. The number of carbonyl (C=O) groups is 2. The van der Waals surface area contributed by atoms with Gasteiger partial charge in [-0.3, -0.25) is 14.6 Å². The lowest BCUT2D eigenvalue weighted by Gasteiger charge is -2.49. The number of aliphatic hydroxyl groups excluding tert-OH is 1. The Morgan fingerprint density at radius 1 is 0.979 bits per heavy atom. The molecule has 2 saturated heterocycles. The van der Waals surface area contributed by atoms with Crippen LogP contribution in [-0.4, -0.2) is 119 Å². The third-order valence-electron chi connectivity index (χ3n) is 9.31. The van der Waals surface area contributed by atoms with E-state index in [4.69, 9.17) is 14.2 Å². The Morgan fingerprint density at radius 2 is 1.69 bits per heavy atom. The summed E-state index contributed by atoms with van der Waals surface area (Å²) in [6, 6.07) is 4.71. The molecule has 0 unspecified atom stereocenters. The Balaban J connectivity index is 1.42. The summed E-state index contributed by atoms with van der Waals surface area (Å²) in [7, 11) is 0. The van der Waals surface area contributed by atoms with Crippen molar-refractivity contribution < 1.29 is 37.7 Å². The zero-order chi connectivity index (χ0) is 34.9. The molecular formula is C35H49F2N5O6. The number of amides is 2. The van der Waals surface area contributed by atoms with E-state index in [1.54, 1.807) is 15.9 Å². The van der Waals surface area contributed by atoms with Gasteiger partial charge in [-0.2, -0.15) is 0 Å². The van der Waals surface area contributed by atoms with E-state index in [2.05, 4.69) is 28.6 Å². The summed E-state index contributed by atoms with van der Waals surface area (Å²) in [5.41, 5.74) is 0.825. The predicted octanol–water partition coefficient (Wildman–Crippen LogP) is 3.98. The molecule has 11 nitrogen and oxygen atoms in total. The number of hydrogen-bond acceptors (Lipinski definition) is 9. The highest BCUT2D eigenvalue weighted by atomic mass is 19.1. The van der Waals surface area contributed by atoms with Gasteiger partial charge in [0, 0.05) is 56.3 Å². The van der Waals surface area contributed by atoms with Gasteiger partial charge >= 0.3 is 6.09 Å². The van der Waals surface area contributed by atoms with Crippen LogP contribution < -0.4 is 9.64 Å². The van der Waals surface area contributed by atoms with Crippen LogP contribution in [0.15, 0.2) is 24.3 Å². The second kappa shape index (κ2) is 14.6. The second-order valence-electron chi connectivity index (χ2n) is 14.4. The van der Waals surface area contributed by atoms with Crippen LogP contribution in [0.1, 0.15) is 65.3 Å². The lowest BCUT2D eigenvalue weighted by atomic mass is 10.0. The van der Waals surface area contributed by atoms with Crippen molar-refractivity contribution in [2.45, 2.75) is 97.3 Å². The molecule has 48 heavy (non-hydrogen) atoms. The summed E-state index contributed by atoms with van der Waals surface area (Å²) in [6.07, 6.45) is -0.332. The van der Waals surface area contributed by atoms with E-state index in [9.17, 15) is 23.5 Å². The van der Waals surface area contributed by atoms with Gasteiger partial charge in [-0.1, -0.05) is 6.07 Å². The molecular weight excluding hydrogens is 624 g/mol. The van der Waals surface area contributed by atoms with Crippen LogP contribution >= 0.6 is 0 Å². The van der Waals surface area contributed by atoms with E-state index >= 15 is 0 Å². The fourth-order valence-electron chi connectivity index (χ4n) is 6.83. The number of halogens is 2. The molecule has 0 bridgehead atoms. The average Bonchev–Trinajstić information content (AvgIpc) is 3.00. The normalized spacial score (nSPS) is 25.4. The molecule has 0 radical (unpaired) electrons. The van der Waals surface area contributed by atoms with Crippen LogP contribution in [0.4, 0.5) is 19.3 Å². The number of nitrogens with zero attached hydrogens (tertiary/aromatic N) is 5.